The van der Waals surface area contributed by atoms with Crippen molar-refractivity contribution >= 4 is 31.2 Å². The predicted molar refractivity (Wildman–Crippen MR) is 158 cm³/mol. The van der Waals surface area contributed by atoms with Gasteiger partial charge < -0.3 is 27.2 Å². The zero-order valence-electron chi connectivity index (χ0n) is 22.8. The van der Waals surface area contributed by atoms with Crippen molar-refractivity contribution in [2.75, 3.05) is 39.6 Å². The van der Waals surface area contributed by atoms with E-state index in [0.29, 0.717) is 24.9 Å². The van der Waals surface area contributed by atoms with Gasteiger partial charge in [0.2, 0.25) is 0 Å². The zero-order valence-corrected chi connectivity index (χ0v) is 25.8. The third kappa shape index (κ3) is 18.8. The number of hydrogen-bond donors (Lipinski definition) is 0. The molecule has 1 saturated heterocycles. The van der Waals surface area contributed by atoms with Crippen LogP contribution in [0.15, 0.2) is 12.2 Å². The maximum Gasteiger partial charge on any atom is 0.333 e. The molecule has 0 N–H and O–H groups in total. The van der Waals surface area contributed by atoms with E-state index in [1.165, 1.54) is 12.8 Å². The molecule has 0 aliphatic carbocycles. The van der Waals surface area contributed by atoms with Crippen LogP contribution in [0.4, 0.5) is 0 Å². The minimum absolute atomic E-state index is 0. The van der Waals surface area contributed by atoms with Gasteiger partial charge in [0.05, 0.1) is 19.8 Å². The van der Waals surface area contributed by atoms with E-state index in [1.54, 1.807) is 6.92 Å². The highest BCUT2D eigenvalue weighted by Crippen LogP contribution is 2.29. The van der Waals surface area contributed by atoms with Crippen molar-refractivity contribution in [3.8, 4) is 0 Å². The molecule has 1 heterocycles. The normalized spacial score (nSPS) is 16.9. The highest BCUT2D eigenvalue weighted by Gasteiger charge is 2.41. The summed E-state index contributed by atoms with van der Waals surface area (Å²) in [5.74, 6) is -0.365. The van der Waals surface area contributed by atoms with Gasteiger partial charge in [-0.3, -0.25) is 0 Å². The predicted octanol–water partition coefficient (Wildman–Crippen LogP) is 6.91. The molecule has 0 saturated carbocycles. The van der Waals surface area contributed by atoms with Gasteiger partial charge in [-0.15, -0.1) is 0 Å². The van der Waals surface area contributed by atoms with Gasteiger partial charge in [-0.25, -0.2) is 4.79 Å². The SMILES string of the molecule is C.C.C=C(C)C(=O)OCCOCCC[Si](C)(CCCC)O[Si](C)(C)O[Si](C)(C)CCCOCC1CO1. The van der Waals surface area contributed by atoms with Gasteiger partial charge >= 0.3 is 14.5 Å². The molecule has 0 amide bonds. The van der Waals surface area contributed by atoms with Gasteiger partial charge in [-0.2, -0.15) is 0 Å². The van der Waals surface area contributed by atoms with E-state index in [4.69, 9.17) is 27.2 Å². The zero-order chi connectivity index (χ0) is 25.7. The van der Waals surface area contributed by atoms with Crippen LogP contribution in [-0.4, -0.2) is 76.9 Å². The number of carbonyl (C=O) groups is 1. The molecule has 0 aromatic carbocycles. The highest BCUT2D eigenvalue weighted by atomic mass is 28.5. The lowest BCUT2D eigenvalue weighted by Crippen LogP contribution is -2.53. The number of epoxide rings is 1. The molecule has 36 heavy (non-hydrogen) atoms. The lowest BCUT2D eigenvalue weighted by Gasteiger charge is -2.40. The fraction of sp³-hybridized carbons (Fsp3) is 0.885. The first-order chi connectivity index (χ1) is 15.9. The summed E-state index contributed by atoms with van der Waals surface area (Å²) in [5, 5.41) is 0. The van der Waals surface area contributed by atoms with Crippen LogP contribution >= 0.6 is 0 Å². The molecular weight excluding hydrogens is 509 g/mol. The average Bonchev–Trinajstić information content (AvgIpc) is 3.54. The fourth-order valence-electron chi connectivity index (χ4n) is 4.05. The molecule has 0 bridgehead atoms. The number of carbonyl (C=O) groups excluding carboxylic acids is 1. The first-order valence-electron chi connectivity index (χ1n) is 12.9. The summed E-state index contributed by atoms with van der Waals surface area (Å²) in [6.07, 6.45) is 4.67. The van der Waals surface area contributed by atoms with Crippen molar-refractivity contribution in [3.63, 3.8) is 0 Å². The Labute approximate surface area is 226 Å². The Morgan fingerprint density at radius 2 is 1.47 bits per heavy atom. The van der Waals surface area contributed by atoms with Gasteiger partial charge in [-0.05, 0) is 70.6 Å². The molecule has 0 aromatic heterocycles. The second-order valence-corrected chi connectivity index (χ2v) is 23.0. The topological polar surface area (TPSA) is 75.8 Å². The monoisotopic (exact) mass is 566 g/mol. The largest absolute Gasteiger partial charge is 0.460 e. The highest BCUT2D eigenvalue weighted by molar-refractivity contribution is 6.88. The second kappa shape index (κ2) is 18.8. The van der Waals surface area contributed by atoms with Gasteiger partial charge in [0.1, 0.15) is 12.7 Å². The quantitative estimate of drug-likeness (QED) is 0.0491. The van der Waals surface area contributed by atoms with Crippen LogP contribution in [0.3, 0.4) is 0 Å². The van der Waals surface area contributed by atoms with Crippen LogP contribution in [0.2, 0.25) is 50.9 Å². The number of hydrogen-bond acceptors (Lipinski definition) is 7. The van der Waals surface area contributed by atoms with Crippen LogP contribution < -0.4 is 0 Å². The van der Waals surface area contributed by atoms with Crippen LogP contribution in [0.25, 0.3) is 0 Å². The number of rotatable bonds is 21. The van der Waals surface area contributed by atoms with Crippen LogP contribution in [0.1, 0.15) is 54.4 Å². The van der Waals surface area contributed by atoms with E-state index in [1.807, 2.05) is 0 Å². The summed E-state index contributed by atoms with van der Waals surface area (Å²) in [6, 6.07) is 3.28. The van der Waals surface area contributed by atoms with Gasteiger partial charge in [-0.1, -0.05) is 41.2 Å². The maximum absolute atomic E-state index is 11.4. The molecule has 2 unspecified atom stereocenters. The van der Waals surface area contributed by atoms with Crippen LogP contribution in [0.5, 0.6) is 0 Å². The summed E-state index contributed by atoms with van der Waals surface area (Å²) in [5.41, 5.74) is 0.409. The summed E-state index contributed by atoms with van der Waals surface area (Å²) in [6.45, 7) is 22.5. The molecule has 0 spiro atoms. The summed E-state index contributed by atoms with van der Waals surface area (Å²) < 4.78 is 35.3. The second-order valence-electron chi connectivity index (χ2n) is 10.7. The molecule has 0 radical (unpaired) electrons. The van der Waals surface area contributed by atoms with E-state index in [-0.39, 0.29) is 27.4 Å². The van der Waals surface area contributed by atoms with E-state index < -0.39 is 25.2 Å². The molecule has 216 valence electrons. The van der Waals surface area contributed by atoms with Gasteiger partial charge in [0.25, 0.3) is 0 Å². The molecule has 0 aromatic rings. The Kier molecular flexibility index (Phi) is 19.8. The third-order valence-corrected chi connectivity index (χ3v) is 18.1. The van der Waals surface area contributed by atoms with E-state index in [0.717, 1.165) is 50.8 Å². The minimum Gasteiger partial charge on any atom is -0.460 e. The first-order valence-corrected chi connectivity index (χ1v) is 21.6. The van der Waals surface area contributed by atoms with Crippen molar-refractivity contribution < 1.29 is 32.0 Å². The smallest absolute Gasteiger partial charge is 0.333 e. The van der Waals surface area contributed by atoms with Crippen molar-refractivity contribution in [1.29, 1.82) is 0 Å². The van der Waals surface area contributed by atoms with Crippen molar-refractivity contribution in [3.05, 3.63) is 12.2 Å². The molecule has 1 aliphatic rings. The van der Waals surface area contributed by atoms with Crippen molar-refractivity contribution in [2.45, 2.75) is 111 Å². The van der Waals surface area contributed by atoms with Crippen LogP contribution in [0, 0.1) is 0 Å². The summed E-state index contributed by atoms with van der Waals surface area (Å²) in [4.78, 5) is 11.4. The lowest BCUT2D eigenvalue weighted by atomic mass is 10.4. The molecule has 1 fully saturated rings. The van der Waals surface area contributed by atoms with Gasteiger partial charge in [0, 0.05) is 18.8 Å². The number of unbranched alkanes of at least 4 members (excludes halogenated alkanes) is 1. The first kappa shape index (κ1) is 37.8. The van der Waals surface area contributed by atoms with Crippen LogP contribution in [-0.2, 0) is 32.0 Å². The molecular formula is C26H58O7Si3. The Morgan fingerprint density at radius 3 is 2.06 bits per heavy atom. The fourth-order valence-corrected chi connectivity index (χ4v) is 19.1. The van der Waals surface area contributed by atoms with Crippen molar-refractivity contribution in [1.82, 2.24) is 0 Å². The minimum atomic E-state index is -2.25. The Hall–Kier alpha value is -0.339. The van der Waals surface area contributed by atoms with Crippen molar-refractivity contribution in [2.24, 2.45) is 0 Å². The molecule has 10 heteroatoms. The molecule has 1 rings (SSSR count). The number of ether oxygens (including phenoxy) is 4. The van der Waals surface area contributed by atoms with E-state index >= 15 is 0 Å². The van der Waals surface area contributed by atoms with E-state index in [9.17, 15) is 4.79 Å². The summed E-state index contributed by atoms with van der Waals surface area (Å²) in [7, 11) is -5.99. The molecule has 7 nitrogen and oxygen atoms in total. The standard InChI is InChI=1S/C24H50O7Si3.2CH4/c1-9-10-18-34(8,19-12-13-26-15-16-28-24(25)22(2)3)31-33(6,7)30-32(4,5)17-11-14-27-20-23-21-29-23;;/h23H,2,9-21H2,1,3-8H3;2*1H4. The van der Waals surface area contributed by atoms with E-state index in [2.05, 4.69) is 46.2 Å². The summed E-state index contributed by atoms with van der Waals surface area (Å²) >= 11 is 0. The Bertz CT molecular complexity index is 612. The van der Waals surface area contributed by atoms with Gasteiger partial charge in [0.15, 0.2) is 16.6 Å². The number of esters is 1. The average molecular weight is 567 g/mol. The lowest BCUT2D eigenvalue weighted by molar-refractivity contribution is -0.140. The third-order valence-electron chi connectivity index (χ3n) is 5.65. The molecule has 2 atom stereocenters. The Morgan fingerprint density at radius 1 is 0.889 bits per heavy atom. The Balaban J connectivity index is 0. The molecule has 1 aliphatic heterocycles. The maximum atomic E-state index is 11.4.